The van der Waals surface area contributed by atoms with Crippen LogP contribution in [0.3, 0.4) is 0 Å². The van der Waals surface area contributed by atoms with Crippen LogP contribution in [-0.2, 0) is 9.59 Å². The van der Waals surface area contributed by atoms with E-state index in [0.29, 0.717) is 11.4 Å². The summed E-state index contributed by atoms with van der Waals surface area (Å²) in [6.07, 6.45) is 1.46. The Morgan fingerprint density at radius 1 is 1.00 bits per heavy atom. The molecular formula is C16H15N3O3. The minimum Gasteiger partial charge on any atom is -0.497 e. The average molecular weight is 297 g/mol. The van der Waals surface area contributed by atoms with E-state index in [-0.39, 0.29) is 0 Å². The van der Waals surface area contributed by atoms with E-state index in [4.69, 9.17) is 4.74 Å². The van der Waals surface area contributed by atoms with E-state index in [1.165, 1.54) is 6.21 Å². The average Bonchev–Trinajstić information content (AvgIpc) is 2.56. The normalized spacial score (nSPS) is 10.2. The molecule has 22 heavy (non-hydrogen) atoms. The highest BCUT2D eigenvalue weighted by molar-refractivity contribution is 6.39. The Labute approximate surface area is 127 Å². The predicted octanol–water partition coefficient (Wildman–Crippen LogP) is 1.78. The molecule has 0 heterocycles. The first kappa shape index (κ1) is 15.2. The van der Waals surface area contributed by atoms with Crippen LogP contribution in [0.5, 0.6) is 5.75 Å². The fraction of sp³-hybridized carbons (Fsp3) is 0.0625. The molecule has 0 aromatic heterocycles. The largest absolute Gasteiger partial charge is 0.497 e. The van der Waals surface area contributed by atoms with Gasteiger partial charge < -0.3 is 10.1 Å². The van der Waals surface area contributed by atoms with Crippen LogP contribution in [0.2, 0.25) is 0 Å². The van der Waals surface area contributed by atoms with Gasteiger partial charge in [0, 0.05) is 5.69 Å². The maximum atomic E-state index is 11.7. The van der Waals surface area contributed by atoms with Crippen molar-refractivity contribution in [2.45, 2.75) is 0 Å². The van der Waals surface area contributed by atoms with Gasteiger partial charge in [-0.05, 0) is 29.8 Å². The van der Waals surface area contributed by atoms with Crippen molar-refractivity contribution in [3.05, 3.63) is 60.2 Å². The molecular weight excluding hydrogens is 282 g/mol. The first-order valence-electron chi connectivity index (χ1n) is 6.52. The van der Waals surface area contributed by atoms with Crippen LogP contribution in [-0.4, -0.2) is 25.1 Å². The molecule has 0 atom stereocenters. The van der Waals surface area contributed by atoms with Gasteiger partial charge in [0.25, 0.3) is 0 Å². The Morgan fingerprint density at radius 2 is 1.68 bits per heavy atom. The van der Waals surface area contributed by atoms with Crippen LogP contribution in [0.1, 0.15) is 5.56 Å². The lowest BCUT2D eigenvalue weighted by Gasteiger charge is -2.05. The van der Waals surface area contributed by atoms with Crippen LogP contribution >= 0.6 is 0 Å². The Morgan fingerprint density at radius 3 is 2.32 bits per heavy atom. The number of rotatable bonds is 4. The first-order valence-corrected chi connectivity index (χ1v) is 6.52. The summed E-state index contributed by atoms with van der Waals surface area (Å²) in [5.74, 6) is -0.978. The van der Waals surface area contributed by atoms with Gasteiger partial charge in [-0.25, -0.2) is 5.43 Å². The van der Waals surface area contributed by atoms with Crippen molar-refractivity contribution in [3.63, 3.8) is 0 Å². The summed E-state index contributed by atoms with van der Waals surface area (Å²) in [4.78, 5) is 23.3. The van der Waals surface area contributed by atoms with Gasteiger partial charge >= 0.3 is 11.8 Å². The van der Waals surface area contributed by atoms with E-state index in [2.05, 4.69) is 15.8 Å². The van der Waals surface area contributed by atoms with Gasteiger partial charge in [-0.3, -0.25) is 9.59 Å². The molecule has 2 aromatic rings. The minimum absolute atomic E-state index is 0.494. The van der Waals surface area contributed by atoms with Gasteiger partial charge in [0.15, 0.2) is 0 Å². The maximum absolute atomic E-state index is 11.7. The highest BCUT2D eigenvalue weighted by Gasteiger charge is 2.12. The Bertz CT molecular complexity index is 667. The number of ether oxygens (including phenoxy) is 1. The van der Waals surface area contributed by atoms with E-state index < -0.39 is 11.8 Å². The third-order valence-corrected chi connectivity index (χ3v) is 2.73. The number of benzene rings is 2. The molecule has 2 amide bonds. The summed E-state index contributed by atoms with van der Waals surface area (Å²) in [5.41, 5.74) is 3.48. The third-order valence-electron chi connectivity index (χ3n) is 2.73. The molecule has 2 rings (SSSR count). The summed E-state index contributed by atoms with van der Waals surface area (Å²) in [7, 11) is 1.55. The topological polar surface area (TPSA) is 79.8 Å². The molecule has 0 spiro atoms. The van der Waals surface area contributed by atoms with Crippen molar-refractivity contribution in [3.8, 4) is 5.75 Å². The second-order valence-electron chi connectivity index (χ2n) is 4.29. The van der Waals surface area contributed by atoms with Crippen molar-refractivity contribution in [2.24, 2.45) is 5.10 Å². The second kappa shape index (κ2) is 7.58. The number of anilines is 1. The third kappa shape index (κ3) is 4.45. The van der Waals surface area contributed by atoms with E-state index in [1.54, 1.807) is 31.4 Å². The standard InChI is InChI=1S/C16H15N3O3/c1-22-14-9-7-13(8-10-14)18-15(20)16(21)19-17-11-12-5-3-2-4-6-12/h2-11H,1H3,(H,18,20)(H,19,21). The van der Waals surface area contributed by atoms with Gasteiger partial charge in [-0.2, -0.15) is 5.10 Å². The summed E-state index contributed by atoms with van der Waals surface area (Å²) in [6, 6.07) is 15.9. The zero-order valence-electron chi connectivity index (χ0n) is 11.9. The lowest BCUT2D eigenvalue weighted by Crippen LogP contribution is -2.32. The van der Waals surface area contributed by atoms with Crippen LogP contribution in [0, 0.1) is 0 Å². The molecule has 112 valence electrons. The molecule has 2 aromatic carbocycles. The molecule has 0 radical (unpaired) electrons. The molecule has 0 fully saturated rings. The molecule has 0 saturated carbocycles. The van der Waals surface area contributed by atoms with E-state index in [0.717, 1.165) is 5.56 Å². The molecule has 0 saturated heterocycles. The van der Waals surface area contributed by atoms with Crippen molar-refractivity contribution >= 4 is 23.7 Å². The van der Waals surface area contributed by atoms with Crippen molar-refractivity contribution in [2.75, 3.05) is 12.4 Å². The van der Waals surface area contributed by atoms with Gasteiger partial charge in [0.05, 0.1) is 13.3 Å². The minimum atomic E-state index is -0.844. The number of carbonyl (C=O) groups excluding carboxylic acids is 2. The Hall–Kier alpha value is -3.15. The van der Waals surface area contributed by atoms with Gasteiger partial charge in [0.1, 0.15) is 5.75 Å². The Kier molecular flexibility index (Phi) is 5.25. The quantitative estimate of drug-likeness (QED) is 0.513. The highest BCUT2D eigenvalue weighted by atomic mass is 16.5. The SMILES string of the molecule is COc1ccc(NC(=O)C(=O)NN=Cc2ccccc2)cc1. The molecule has 6 nitrogen and oxygen atoms in total. The molecule has 0 unspecified atom stereocenters. The monoisotopic (exact) mass is 297 g/mol. The van der Waals surface area contributed by atoms with Crippen molar-refractivity contribution < 1.29 is 14.3 Å². The molecule has 0 aliphatic rings. The number of amides is 2. The number of nitrogens with one attached hydrogen (secondary N) is 2. The molecule has 0 aliphatic heterocycles. The zero-order chi connectivity index (χ0) is 15.8. The lowest BCUT2D eigenvalue weighted by atomic mass is 10.2. The Balaban J connectivity index is 1.86. The van der Waals surface area contributed by atoms with E-state index in [9.17, 15) is 9.59 Å². The fourth-order valence-electron chi connectivity index (χ4n) is 1.62. The summed E-state index contributed by atoms with van der Waals surface area (Å²) in [5, 5.41) is 6.19. The molecule has 2 N–H and O–H groups in total. The highest BCUT2D eigenvalue weighted by Crippen LogP contribution is 2.14. The molecule has 6 heteroatoms. The zero-order valence-corrected chi connectivity index (χ0v) is 11.9. The summed E-state index contributed by atoms with van der Waals surface area (Å²) >= 11 is 0. The van der Waals surface area contributed by atoms with E-state index in [1.807, 2.05) is 30.3 Å². The number of hydrazone groups is 1. The smallest absolute Gasteiger partial charge is 0.329 e. The van der Waals surface area contributed by atoms with Crippen LogP contribution in [0.4, 0.5) is 5.69 Å². The molecule has 0 bridgehead atoms. The fourth-order valence-corrected chi connectivity index (χ4v) is 1.62. The lowest BCUT2D eigenvalue weighted by molar-refractivity contribution is -0.136. The summed E-state index contributed by atoms with van der Waals surface area (Å²) in [6.45, 7) is 0. The van der Waals surface area contributed by atoms with Gasteiger partial charge in [-0.1, -0.05) is 30.3 Å². The van der Waals surface area contributed by atoms with Gasteiger partial charge in [-0.15, -0.1) is 0 Å². The molecule has 0 aliphatic carbocycles. The van der Waals surface area contributed by atoms with Crippen LogP contribution in [0.15, 0.2) is 59.7 Å². The predicted molar refractivity (Wildman–Crippen MR) is 83.8 cm³/mol. The van der Waals surface area contributed by atoms with Crippen molar-refractivity contribution in [1.29, 1.82) is 0 Å². The summed E-state index contributed by atoms with van der Waals surface area (Å²) < 4.78 is 5.01. The second-order valence-corrected chi connectivity index (χ2v) is 4.29. The number of hydrogen-bond acceptors (Lipinski definition) is 4. The van der Waals surface area contributed by atoms with Gasteiger partial charge in [0.2, 0.25) is 0 Å². The number of carbonyl (C=O) groups is 2. The first-order chi connectivity index (χ1) is 10.7. The number of hydrogen-bond donors (Lipinski definition) is 2. The van der Waals surface area contributed by atoms with E-state index >= 15 is 0 Å². The van der Waals surface area contributed by atoms with Crippen LogP contribution < -0.4 is 15.5 Å². The maximum Gasteiger partial charge on any atom is 0.329 e. The van der Waals surface area contributed by atoms with Crippen LogP contribution in [0.25, 0.3) is 0 Å². The van der Waals surface area contributed by atoms with Crippen molar-refractivity contribution in [1.82, 2.24) is 5.43 Å². The number of nitrogens with zero attached hydrogens (tertiary/aromatic N) is 1. The number of methoxy groups -OCH3 is 1.